The van der Waals surface area contributed by atoms with Crippen LogP contribution in [0.5, 0.6) is 5.75 Å². The molecule has 20 heavy (non-hydrogen) atoms. The lowest BCUT2D eigenvalue weighted by Gasteiger charge is -2.18. The van der Waals surface area contributed by atoms with Crippen LogP contribution in [0.25, 0.3) is 0 Å². The summed E-state index contributed by atoms with van der Waals surface area (Å²) >= 11 is 0. The van der Waals surface area contributed by atoms with E-state index in [9.17, 15) is 18.0 Å². The Balaban J connectivity index is 2.59. The Kier molecular flexibility index (Phi) is 5.42. The molecular formula is C14H18F3NO2. The number of rotatable bonds is 5. The topological polar surface area (TPSA) is 29.5 Å². The number of benzene rings is 1. The molecule has 0 aromatic heterocycles. The molecule has 0 radical (unpaired) electrons. The summed E-state index contributed by atoms with van der Waals surface area (Å²) in [6.45, 7) is 4.27. The minimum Gasteiger partial charge on any atom is -0.406 e. The van der Waals surface area contributed by atoms with Crippen LogP contribution in [0, 0.1) is 5.92 Å². The van der Waals surface area contributed by atoms with Crippen LogP contribution >= 0.6 is 0 Å². The predicted molar refractivity (Wildman–Crippen MR) is 69.1 cm³/mol. The molecule has 1 aromatic carbocycles. The summed E-state index contributed by atoms with van der Waals surface area (Å²) in [6, 6.07) is 5.51. The number of carbonyl (C=O) groups is 1. The molecule has 0 saturated heterocycles. The zero-order valence-electron chi connectivity index (χ0n) is 11.7. The molecule has 0 saturated carbocycles. The van der Waals surface area contributed by atoms with Crippen molar-refractivity contribution in [1.82, 2.24) is 4.90 Å². The van der Waals surface area contributed by atoms with Crippen LogP contribution < -0.4 is 4.74 Å². The molecule has 0 unspecified atom stereocenters. The molecule has 0 aliphatic rings. The number of ether oxygens (including phenoxy) is 1. The van der Waals surface area contributed by atoms with Gasteiger partial charge in [0.15, 0.2) is 0 Å². The first-order valence-corrected chi connectivity index (χ1v) is 6.26. The molecule has 6 heteroatoms. The Morgan fingerprint density at radius 3 is 2.25 bits per heavy atom. The van der Waals surface area contributed by atoms with Crippen LogP contribution in [-0.4, -0.2) is 24.2 Å². The molecule has 1 rings (SSSR count). The predicted octanol–water partition coefficient (Wildman–Crippen LogP) is 3.59. The minimum absolute atomic E-state index is 0.00983. The van der Waals surface area contributed by atoms with Gasteiger partial charge < -0.3 is 9.64 Å². The number of nitrogens with zero attached hydrogens (tertiary/aromatic N) is 1. The van der Waals surface area contributed by atoms with E-state index in [-0.39, 0.29) is 17.6 Å². The molecule has 0 heterocycles. The smallest absolute Gasteiger partial charge is 0.406 e. The van der Waals surface area contributed by atoms with Crippen molar-refractivity contribution in [3.8, 4) is 5.75 Å². The van der Waals surface area contributed by atoms with E-state index in [4.69, 9.17) is 0 Å². The van der Waals surface area contributed by atoms with Crippen molar-refractivity contribution in [3.63, 3.8) is 0 Å². The third kappa shape index (κ3) is 5.95. The highest BCUT2D eigenvalue weighted by Crippen LogP contribution is 2.23. The van der Waals surface area contributed by atoms with Crippen LogP contribution in [0.15, 0.2) is 24.3 Å². The van der Waals surface area contributed by atoms with E-state index < -0.39 is 6.36 Å². The standard InChI is InChI=1S/C14H18F3NO2/c1-10(2)8-13(19)18(3)9-11-4-6-12(7-5-11)20-14(15,16)17/h4-7,10H,8-9H2,1-3H3. The van der Waals surface area contributed by atoms with E-state index in [1.165, 1.54) is 24.3 Å². The fourth-order valence-corrected chi connectivity index (χ4v) is 1.66. The highest BCUT2D eigenvalue weighted by molar-refractivity contribution is 5.76. The third-order valence-electron chi connectivity index (χ3n) is 2.59. The number of halogens is 3. The first-order chi connectivity index (χ1) is 9.17. The van der Waals surface area contributed by atoms with Crippen LogP contribution in [0.4, 0.5) is 13.2 Å². The highest BCUT2D eigenvalue weighted by atomic mass is 19.4. The highest BCUT2D eigenvalue weighted by Gasteiger charge is 2.30. The molecule has 0 N–H and O–H groups in total. The van der Waals surface area contributed by atoms with Gasteiger partial charge in [-0.05, 0) is 23.6 Å². The molecule has 0 spiro atoms. The number of hydrogen-bond donors (Lipinski definition) is 0. The normalized spacial score (nSPS) is 11.6. The van der Waals surface area contributed by atoms with Gasteiger partial charge in [-0.25, -0.2) is 0 Å². The SMILES string of the molecule is CC(C)CC(=O)N(C)Cc1ccc(OC(F)(F)F)cc1. The van der Waals surface area contributed by atoms with E-state index in [1.54, 1.807) is 11.9 Å². The lowest BCUT2D eigenvalue weighted by molar-refractivity contribution is -0.274. The van der Waals surface area contributed by atoms with Gasteiger partial charge in [0.05, 0.1) is 0 Å². The van der Waals surface area contributed by atoms with Crippen LogP contribution in [0.2, 0.25) is 0 Å². The molecule has 3 nitrogen and oxygen atoms in total. The fraction of sp³-hybridized carbons (Fsp3) is 0.500. The first kappa shape index (κ1) is 16.3. The molecule has 0 fully saturated rings. The van der Waals surface area contributed by atoms with Gasteiger partial charge in [0.25, 0.3) is 0 Å². The summed E-state index contributed by atoms with van der Waals surface area (Å²) in [5.74, 6) is 0.0144. The van der Waals surface area contributed by atoms with E-state index in [0.717, 1.165) is 5.56 Å². The number of amides is 1. The average molecular weight is 289 g/mol. The lowest BCUT2D eigenvalue weighted by Crippen LogP contribution is -2.27. The molecular weight excluding hydrogens is 271 g/mol. The van der Waals surface area contributed by atoms with E-state index in [0.29, 0.717) is 13.0 Å². The zero-order valence-corrected chi connectivity index (χ0v) is 11.7. The van der Waals surface area contributed by atoms with Crippen molar-refractivity contribution in [2.24, 2.45) is 5.92 Å². The maximum Gasteiger partial charge on any atom is 0.573 e. The van der Waals surface area contributed by atoms with E-state index in [2.05, 4.69) is 4.74 Å². The summed E-state index contributed by atoms with van der Waals surface area (Å²) in [7, 11) is 1.67. The van der Waals surface area contributed by atoms with Crippen LogP contribution in [0.1, 0.15) is 25.8 Å². The lowest BCUT2D eigenvalue weighted by atomic mass is 10.1. The maximum absolute atomic E-state index is 12.0. The van der Waals surface area contributed by atoms with Gasteiger partial charge in [-0.15, -0.1) is 13.2 Å². The first-order valence-electron chi connectivity index (χ1n) is 6.26. The van der Waals surface area contributed by atoms with Crippen LogP contribution in [-0.2, 0) is 11.3 Å². The zero-order chi connectivity index (χ0) is 15.3. The molecule has 1 aromatic rings. The Morgan fingerprint density at radius 2 is 1.80 bits per heavy atom. The van der Waals surface area contributed by atoms with Gasteiger partial charge >= 0.3 is 6.36 Å². The van der Waals surface area contributed by atoms with Crippen molar-refractivity contribution in [2.45, 2.75) is 33.2 Å². The molecule has 1 amide bonds. The third-order valence-corrected chi connectivity index (χ3v) is 2.59. The van der Waals surface area contributed by atoms with Gasteiger partial charge in [0.1, 0.15) is 5.75 Å². The Morgan fingerprint density at radius 1 is 1.25 bits per heavy atom. The van der Waals surface area contributed by atoms with Gasteiger partial charge in [-0.2, -0.15) is 0 Å². The Labute approximate surface area is 116 Å². The summed E-state index contributed by atoms with van der Waals surface area (Å²) in [5, 5.41) is 0. The molecule has 112 valence electrons. The average Bonchev–Trinajstić information content (AvgIpc) is 2.28. The molecule has 0 atom stereocenters. The number of hydrogen-bond acceptors (Lipinski definition) is 2. The summed E-state index contributed by atoms with van der Waals surface area (Å²) in [4.78, 5) is 13.3. The van der Waals surface area contributed by atoms with Gasteiger partial charge in [0, 0.05) is 20.0 Å². The van der Waals surface area contributed by atoms with Crippen molar-refractivity contribution in [1.29, 1.82) is 0 Å². The van der Waals surface area contributed by atoms with Gasteiger partial charge in [-0.1, -0.05) is 26.0 Å². The van der Waals surface area contributed by atoms with Crippen molar-refractivity contribution < 1.29 is 22.7 Å². The summed E-state index contributed by atoms with van der Waals surface area (Å²) in [6.07, 6.45) is -4.24. The van der Waals surface area contributed by atoms with Crippen LogP contribution in [0.3, 0.4) is 0 Å². The minimum atomic E-state index is -4.69. The molecule has 0 aliphatic carbocycles. The van der Waals surface area contributed by atoms with Gasteiger partial charge in [0.2, 0.25) is 5.91 Å². The fourth-order valence-electron chi connectivity index (χ4n) is 1.66. The second-order valence-electron chi connectivity index (χ2n) is 5.04. The van der Waals surface area contributed by atoms with E-state index in [1.807, 2.05) is 13.8 Å². The second kappa shape index (κ2) is 6.63. The second-order valence-corrected chi connectivity index (χ2v) is 5.04. The summed E-state index contributed by atoms with van der Waals surface area (Å²) < 4.78 is 39.8. The largest absolute Gasteiger partial charge is 0.573 e. The Bertz CT molecular complexity index is 441. The summed E-state index contributed by atoms with van der Waals surface area (Å²) in [5.41, 5.74) is 0.749. The van der Waals surface area contributed by atoms with Crippen molar-refractivity contribution >= 4 is 5.91 Å². The maximum atomic E-state index is 12.0. The Hall–Kier alpha value is -1.72. The molecule has 0 aliphatic heterocycles. The van der Waals surface area contributed by atoms with Crippen molar-refractivity contribution in [3.05, 3.63) is 29.8 Å². The number of alkyl halides is 3. The molecule has 0 bridgehead atoms. The number of carbonyl (C=O) groups excluding carboxylic acids is 1. The quantitative estimate of drug-likeness (QED) is 0.829. The van der Waals surface area contributed by atoms with Gasteiger partial charge in [-0.3, -0.25) is 4.79 Å². The van der Waals surface area contributed by atoms with Crippen molar-refractivity contribution in [2.75, 3.05) is 7.05 Å². The van der Waals surface area contributed by atoms with E-state index >= 15 is 0 Å². The monoisotopic (exact) mass is 289 g/mol.